The highest BCUT2D eigenvalue weighted by Gasteiger charge is 2.22. The van der Waals surface area contributed by atoms with Crippen molar-refractivity contribution in [2.75, 3.05) is 0 Å². The largest absolute Gasteiger partial charge is 0.384 e. The van der Waals surface area contributed by atoms with Crippen LogP contribution in [-0.2, 0) is 11.2 Å². The Balaban J connectivity index is 2.04. The van der Waals surface area contributed by atoms with E-state index in [1.54, 1.807) is 6.08 Å². The SMILES string of the molecule is C=C[CH-]C(C)OC1CCc2ccccc21. The van der Waals surface area contributed by atoms with Gasteiger partial charge in [-0.1, -0.05) is 31.2 Å². The number of ether oxygens (including phenoxy) is 1. The lowest BCUT2D eigenvalue weighted by atomic mass is 10.1. The predicted octanol–water partition coefficient (Wildman–Crippen LogP) is 3.47. The van der Waals surface area contributed by atoms with Crippen molar-refractivity contribution in [2.24, 2.45) is 0 Å². The van der Waals surface area contributed by atoms with E-state index in [4.69, 9.17) is 4.74 Å². The van der Waals surface area contributed by atoms with Crippen molar-refractivity contribution in [3.05, 3.63) is 54.5 Å². The highest BCUT2D eigenvalue weighted by Crippen LogP contribution is 2.34. The first-order valence-electron chi connectivity index (χ1n) is 5.50. The van der Waals surface area contributed by atoms with Gasteiger partial charge < -0.3 is 4.74 Å². The summed E-state index contributed by atoms with van der Waals surface area (Å²) in [4.78, 5) is 0. The average molecular weight is 201 g/mol. The Morgan fingerprint density at radius 2 is 2.33 bits per heavy atom. The van der Waals surface area contributed by atoms with Crippen LogP contribution in [0, 0.1) is 6.42 Å². The number of aryl methyl sites for hydroxylation is 1. The fourth-order valence-corrected chi connectivity index (χ4v) is 2.16. The summed E-state index contributed by atoms with van der Waals surface area (Å²) in [6.07, 6.45) is 6.45. The molecule has 0 heterocycles. The Bertz CT molecular complexity index is 343. The summed E-state index contributed by atoms with van der Waals surface area (Å²) in [7, 11) is 0. The van der Waals surface area contributed by atoms with Crippen LogP contribution < -0.4 is 0 Å². The van der Waals surface area contributed by atoms with Crippen LogP contribution in [0.4, 0.5) is 0 Å². The summed E-state index contributed by atoms with van der Waals surface area (Å²) in [5.41, 5.74) is 2.80. The van der Waals surface area contributed by atoms with E-state index in [1.165, 1.54) is 11.1 Å². The van der Waals surface area contributed by atoms with E-state index in [0.29, 0.717) is 0 Å². The van der Waals surface area contributed by atoms with E-state index in [2.05, 4.69) is 37.8 Å². The quantitative estimate of drug-likeness (QED) is 0.678. The van der Waals surface area contributed by atoms with E-state index < -0.39 is 0 Å². The Hall–Kier alpha value is -1.21. The van der Waals surface area contributed by atoms with E-state index >= 15 is 0 Å². The molecule has 0 saturated heterocycles. The lowest BCUT2D eigenvalue weighted by Gasteiger charge is -2.21. The Morgan fingerprint density at radius 3 is 3.13 bits per heavy atom. The van der Waals surface area contributed by atoms with E-state index in [0.717, 1.165) is 12.8 Å². The fourth-order valence-electron chi connectivity index (χ4n) is 2.16. The van der Waals surface area contributed by atoms with Gasteiger partial charge in [-0.3, -0.25) is 0 Å². The van der Waals surface area contributed by atoms with Crippen LogP contribution in [-0.4, -0.2) is 6.10 Å². The van der Waals surface area contributed by atoms with Gasteiger partial charge in [0.2, 0.25) is 0 Å². The minimum absolute atomic E-state index is 0.152. The second-order valence-corrected chi connectivity index (χ2v) is 4.00. The smallest absolute Gasteiger partial charge is 0.0818 e. The number of fused-ring (bicyclic) bond motifs is 1. The van der Waals surface area contributed by atoms with Crippen LogP contribution in [0.5, 0.6) is 0 Å². The summed E-state index contributed by atoms with van der Waals surface area (Å²) < 4.78 is 5.95. The molecule has 1 aliphatic rings. The minimum atomic E-state index is 0.152. The third-order valence-electron chi connectivity index (χ3n) is 2.86. The lowest BCUT2D eigenvalue weighted by Crippen LogP contribution is -2.11. The molecule has 15 heavy (non-hydrogen) atoms. The second kappa shape index (κ2) is 4.54. The van der Waals surface area contributed by atoms with Gasteiger partial charge in [0.1, 0.15) is 0 Å². The zero-order valence-electron chi connectivity index (χ0n) is 9.15. The maximum atomic E-state index is 5.95. The number of hydrogen-bond acceptors (Lipinski definition) is 1. The molecule has 2 atom stereocenters. The van der Waals surface area contributed by atoms with Gasteiger partial charge in [-0.2, -0.15) is 0 Å². The van der Waals surface area contributed by atoms with Crippen molar-refractivity contribution in [2.45, 2.75) is 32.0 Å². The van der Waals surface area contributed by atoms with Crippen molar-refractivity contribution in [1.82, 2.24) is 0 Å². The molecule has 1 nitrogen and oxygen atoms in total. The molecule has 0 bridgehead atoms. The molecule has 0 fully saturated rings. The van der Waals surface area contributed by atoms with Gasteiger partial charge in [0.15, 0.2) is 0 Å². The van der Waals surface area contributed by atoms with Crippen LogP contribution in [0.1, 0.15) is 30.6 Å². The Morgan fingerprint density at radius 1 is 1.53 bits per heavy atom. The Labute approximate surface area is 91.8 Å². The van der Waals surface area contributed by atoms with Gasteiger partial charge in [-0.25, -0.2) is 19.1 Å². The molecule has 1 aliphatic carbocycles. The van der Waals surface area contributed by atoms with E-state index in [1.807, 2.05) is 6.42 Å². The van der Waals surface area contributed by atoms with Crippen LogP contribution in [0.2, 0.25) is 0 Å². The molecular formula is C14H17O-. The molecule has 2 rings (SSSR count). The number of hydrogen-bond donors (Lipinski definition) is 0. The molecule has 0 aromatic heterocycles. The van der Waals surface area contributed by atoms with Crippen molar-refractivity contribution < 1.29 is 4.74 Å². The first kappa shape index (κ1) is 10.3. The summed E-state index contributed by atoms with van der Waals surface area (Å²) >= 11 is 0. The molecule has 2 unspecified atom stereocenters. The third-order valence-corrected chi connectivity index (χ3v) is 2.86. The first-order valence-corrected chi connectivity index (χ1v) is 5.50. The molecule has 0 amide bonds. The maximum Gasteiger partial charge on any atom is 0.0818 e. The monoisotopic (exact) mass is 201 g/mol. The molecule has 1 heteroatoms. The average Bonchev–Trinajstić information content (AvgIpc) is 2.62. The standard InChI is InChI=1S/C14H17O/c1-3-6-11(2)15-14-10-9-12-7-4-5-8-13(12)14/h3-8,11,14H,1,9-10H2,2H3/q-1. The molecular weight excluding hydrogens is 184 g/mol. The van der Waals surface area contributed by atoms with Crippen molar-refractivity contribution in [1.29, 1.82) is 0 Å². The van der Waals surface area contributed by atoms with E-state index in [9.17, 15) is 0 Å². The molecule has 0 spiro atoms. The van der Waals surface area contributed by atoms with Crippen LogP contribution >= 0.6 is 0 Å². The van der Waals surface area contributed by atoms with Gasteiger partial charge in [-0.05, 0) is 24.0 Å². The molecule has 1 aromatic rings. The van der Waals surface area contributed by atoms with Crippen LogP contribution in [0.25, 0.3) is 0 Å². The van der Waals surface area contributed by atoms with Crippen LogP contribution in [0.15, 0.2) is 36.9 Å². The molecule has 0 saturated carbocycles. The maximum absolute atomic E-state index is 5.95. The number of benzene rings is 1. The van der Waals surface area contributed by atoms with Crippen molar-refractivity contribution in [3.63, 3.8) is 0 Å². The summed E-state index contributed by atoms with van der Waals surface area (Å²) in [6.45, 7) is 5.74. The molecule has 0 radical (unpaired) electrons. The first-order chi connectivity index (χ1) is 7.31. The fraction of sp³-hybridized carbons (Fsp3) is 0.357. The van der Waals surface area contributed by atoms with Gasteiger partial charge in [-0.15, -0.1) is 0 Å². The Kier molecular flexibility index (Phi) is 3.12. The van der Waals surface area contributed by atoms with Gasteiger partial charge >= 0.3 is 0 Å². The van der Waals surface area contributed by atoms with E-state index in [-0.39, 0.29) is 12.2 Å². The zero-order chi connectivity index (χ0) is 10.7. The highest BCUT2D eigenvalue weighted by molar-refractivity contribution is 5.33. The minimum Gasteiger partial charge on any atom is -0.384 e. The summed E-state index contributed by atoms with van der Waals surface area (Å²) in [5, 5.41) is 0. The highest BCUT2D eigenvalue weighted by atomic mass is 16.5. The van der Waals surface area contributed by atoms with Gasteiger partial charge in [0.05, 0.1) is 6.10 Å². The lowest BCUT2D eigenvalue weighted by molar-refractivity contribution is 0.0169. The van der Waals surface area contributed by atoms with Gasteiger partial charge in [0, 0.05) is 6.10 Å². The molecule has 1 aromatic carbocycles. The molecule has 80 valence electrons. The van der Waals surface area contributed by atoms with Crippen LogP contribution in [0.3, 0.4) is 0 Å². The summed E-state index contributed by atoms with van der Waals surface area (Å²) in [6, 6.07) is 8.55. The van der Waals surface area contributed by atoms with Crippen molar-refractivity contribution >= 4 is 0 Å². The molecule has 0 N–H and O–H groups in total. The normalized spacial score (nSPS) is 20.7. The molecule has 0 aliphatic heterocycles. The zero-order valence-corrected chi connectivity index (χ0v) is 9.15. The topological polar surface area (TPSA) is 9.23 Å². The second-order valence-electron chi connectivity index (χ2n) is 4.00. The predicted molar refractivity (Wildman–Crippen MR) is 62.5 cm³/mol. The van der Waals surface area contributed by atoms with Gasteiger partial charge in [0.25, 0.3) is 0 Å². The van der Waals surface area contributed by atoms with Crippen molar-refractivity contribution in [3.8, 4) is 0 Å². The third kappa shape index (κ3) is 2.24. The number of rotatable bonds is 4. The summed E-state index contributed by atoms with van der Waals surface area (Å²) in [5.74, 6) is 0.